The third kappa shape index (κ3) is 4.74. The van der Waals surface area contributed by atoms with Gasteiger partial charge in [-0.1, -0.05) is 36.4 Å². The van der Waals surface area contributed by atoms with E-state index in [0.29, 0.717) is 0 Å². The quantitative estimate of drug-likeness (QED) is 0.635. The summed E-state index contributed by atoms with van der Waals surface area (Å²) in [6.07, 6.45) is -0.153. The van der Waals surface area contributed by atoms with Gasteiger partial charge in [0.25, 0.3) is 0 Å². The van der Waals surface area contributed by atoms with E-state index in [9.17, 15) is 18.3 Å². The summed E-state index contributed by atoms with van der Waals surface area (Å²) in [5.41, 5.74) is -1.22. The van der Waals surface area contributed by atoms with Gasteiger partial charge in [0.15, 0.2) is 9.84 Å². The molecule has 3 aromatic rings. The highest BCUT2D eigenvalue weighted by Gasteiger charge is 2.26. The van der Waals surface area contributed by atoms with Crippen LogP contribution in [0.5, 0.6) is 0 Å². The van der Waals surface area contributed by atoms with E-state index in [2.05, 4.69) is 5.32 Å². The van der Waals surface area contributed by atoms with Gasteiger partial charge in [0.05, 0.1) is 17.2 Å². The first kappa shape index (κ1) is 19.5. The summed E-state index contributed by atoms with van der Waals surface area (Å²) in [5.74, 6) is -0.677. The SMILES string of the molecule is CC(O)(CNC(=O)CCS(=O)(=O)c1ccccc1)c1cc2ccccc2s1. The maximum atomic E-state index is 12.2. The largest absolute Gasteiger partial charge is 0.383 e. The molecule has 3 rings (SSSR count). The Hall–Kier alpha value is -2.22. The third-order valence-electron chi connectivity index (χ3n) is 4.29. The second kappa shape index (κ2) is 7.80. The Morgan fingerprint density at radius 3 is 2.48 bits per heavy atom. The van der Waals surface area contributed by atoms with Gasteiger partial charge in [-0.15, -0.1) is 11.3 Å². The standard InChI is InChI=1S/C20H21NO4S2/c1-20(23,18-13-15-7-5-6-10-17(15)26-18)14-21-19(22)11-12-27(24,25)16-8-3-2-4-9-16/h2-10,13,23H,11-12,14H2,1H3,(H,21,22). The van der Waals surface area contributed by atoms with E-state index < -0.39 is 21.3 Å². The summed E-state index contributed by atoms with van der Waals surface area (Å²) in [7, 11) is -3.50. The number of aliphatic hydroxyl groups is 1. The monoisotopic (exact) mass is 403 g/mol. The zero-order valence-electron chi connectivity index (χ0n) is 14.9. The Kier molecular flexibility index (Phi) is 5.64. The van der Waals surface area contributed by atoms with Crippen LogP contribution in [0.1, 0.15) is 18.2 Å². The summed E-state index contributed by atoms with van der Waals surface area (Å²) < 4.78 is 25.5. The zero-order valence-corrected chi connectivity index (χ0v) is 16.5. The fourth-order valence-corrected chi connectivity index (χ4v) is 5.03. The number of amides is 1. The predicted molar refractivity (Wildman–Crippen MR) is 108 cm³/mol. The van der Waals surface area contributed by atoms with Gasteiger partial charge < -0.3 is 10.4 Å². The summed E-state index contributed by atoms with van der Waals surface area (Å²) in [5, 5.41) is 14.4. The van der Waals surface area contributed by atoms with E-state index in [1.165, 1.54) is 23.5 Å². The second-order valence-electron chi connectivity index (χ2n) is 6.58. The predicted octanol–water partition coefficient (Wildman–Crippen LogP) is 3.09. The number of carbonyl (C=O) groups excluding carboxylic acids is 1. The van der Waals surface area contributed by atoms with Crippen molar-refractivity contribution in [1.82, 2.24) is 5.32 Å². The van der Waals surface area contributed by atoms with Crippen LogP contribution in [0.4, 0.5) is 0 Å². The number of sulfone groups is 1. The number of carbonyl (C=O) groups is 1. The molecule has 0 fully saturated rings. The lowest BCUT2D eigenvalue weighted by atomic mass is 10.0. The molecule has 0 spiro atoms. The summed E-state index contributed by atoms with van der Waals surface area (Å²) in [6, 6.07) is 17.8. The summed E-state index contributed by atoms with van der Waals surface area (Å²) in [4.78, 5) is 13.0. The minimum Gasteiger partial charge on any atom is -0.383 e. The van der Waals surface area contributed by atoms with Crippen LogP contribution in [0.15, 0.2) is 65.6 Å². The lowest BCUT2D eigenvalue weighted by molar-refractivity contribution is -0.121. The Morgan fingerprint density at radius 2 is 1.78 bits per heavy atom. The molecule has 142 valence electrons. The lowest BCUT2D eigenvalue weighted by Crippen LogP contribution is -2.38. The van der Waals surface area contributed by atoms with Gasteiger partial charge in [-0.05, 0) is 36.6 Å². The van der Waals surface area contributed by atoms with Crippen molar-refractivity contribution < 1.29 is 18.3 Å². The van der Waals surface area contributed by atoms with Crippen LogP contribution in [0.2, 0.25) is 0 Å². The molecule has 0 saturated carbocycles. The van der Waals surface area contributed by atoms with Crippen molar-refractivity contribution >= 4 is 37.2 Å². The number of hydrogen-bond acceptors (Lipinski definition) is 5. The van der Waals surface area contributed by atoms with E-state index in [4.69, 9.17) is 0 Å². The molecular formula is C20H21NO4S2. The first-order valence-corrected chi connectivity index (χ1v) is 11.0. The summed E-state index contributed by atoms with van der Waals surface area (Å²) >= 11 is 1.47. The molecule has 1 amide bonds. The van der Waals surface area contributed by atoms with Crippen LogP contribution in [0, 0.1) is 0 Å². The molecule has 1 atom stereocenters. The van der Waals surface area contributed by atoms with Crippen molar-refractivity contribution in [3.63, 3.8) is 0 Å². The average molecular weight is 404 g/mol. The van der Waals surface area contributed by atoms with Gasteiger partial charge in [-0.3, -0.25) is 4.79 Å². The molecule has 0 aliphatic carbocycles. The third-order valence-corrected chi connectivity index (χ3v) is 7.39. The highest BCUT2D eigenvalue weighted by Crippen LogP contribution is 2.32. The Balaban J connectivity index is 1.58. The van der Waals surface area contributed by atoms with E-state index >= 15 is 0 Å². The minimum atomic E-state index is -3.50. The highest BCUT2D eigenvalue weighted by molar-refractivity contribution is 7.91. The maximum absolute atomic E-state index is 12.2. The van der Waals surface area contributed by atoms with Crippen LogP contribution >= 0.6 is 11.3 Å². The molecule has 0 bridgehead atoms. The number of nitrogens with one attached hydrogen (secondary N) is 1. The minimum absolute atomic E-state index is 0.0179. The molecule has 2 aromatic carbocycles. The molecule has 0 aliphatic heterocycles. The Labute approximate surface area is 162 Å². The van der Waals surface area contributed by atoms with Gasteiger partial charge in [0.1, 0.15) is 5.60 Å². The molecule has 5 nitrogen and oxygen atoms in total. The maximum Gasteiger partial charge on any atom is 0.221 e. The van der Waals surface area contributed by atoms with Gasteiger partial charge in [-0.2, -0.15) is 0 Å². The van der Waals surface area contributed by atoms with E-state index in [1.54, 1.807) is 25.1 Å². The van der Waals surface area contributed by atoms with Crippen LogP contribution in [0.3, 0.4) is 0 Å². The topological polar surface area (TPSA) is 83.5 Å². The molecule has 0 aliphatic rings. The van der Waals surface area contributed by atoms with Gasteiger partial charge >= 0.3 is 0 Å². The fraction of sp³-hybridized carbons (Fsp3) is 0.250. The number of benzene rings is 2. The van der Waals surface area contributed by atoms with Crippen molar-refractivity contribution in [3.8, 4) is 0 Å². The Morgan fingerprint density at radius 1 is 1.11 bits per heavy atom. The first-order valence-electron chi connectivity index (χ1n) is 8.54. The highest BCUT2D eigenvalue weighted by atomic mass is 32.2. The van der Waals surface area contributed by atoms with Crippen molar-refractivity contribution in [2.45, 2.75) is 23.8 Å². The molecule has 0 saturated heterocycles. The van der Waals surface area contributed by atoms with Crippen LogP contribution < -0.4 is 5.32 Å². The van der Waals surface area contributed by atoms with E-state index in [0.717, 1.165) is 15.0 Å². The normalized spacial score (nSPS) is 14.0. The average Bonchev–Trinajstić information content (AvgIpc) is 3.11. The smallest absolute Gasteiger partial charge is 0.221 e. The van der Waals surface area contributed by atoms with Crippen molar-refractivity contribution in [3.05, 3.63) is 65.5 Å². The van der Waals surface area contributed by atoms with E-state index in [-0.39, 0.29) is 23.6 Å². The number of fused-ring (bicyclic) bond motifs is 1. The Bertz CT molecular complexity index is 1010. The van der Waals surface area contributed by atoms with Gasteiger partial charge in [0, 0.05) is 16.0 Å². The molecule has 1 heterocycles. The molecule has 7 heteroatoms. The first-order chi connectivity index (χ1) is 12.8. The van der Waals surface area contributed by atoms with Gasteiger partial charge in [-0.25, -0.2) is 8.42 Å². The van der Waals surface area contributed by atoms with Crippen LogP contribution in [-0.2, 0) is 20.2 Å². The number of rotatable bonds is 7. The second-order valence-corrected chi connectivity index (χ2v) is 9.77. The molecule has 0 radical (unpaired) electrons. The molecule has 2 N–H and O–H groups in total. The molecule has 27 heavy (non-hydrogen) atoms. The summed E-state index contributed by atoms with van der Waals surface area (Å²) in [6.45, 7) is 1.66. The van der Waals surface area contributed by atoms with Crippen LogP contribution in [-0.4, -0.2) is 31.7 Å². The van der Waals surface area contributed by atoms with E-state index in [1.807, 2.05) is 30.3 Å². The number of hydrogen-bond donors (Lipinski definition) is 2. The molecule has 1 aromatic heterocycles. The van der Waals surface area contributed by atoms with Gasteiger partial charge in [0.2, 0.25) is 5.91 Å². The number of thiophene rings is 1. The van der Waals surface area contributed by atoms with Crippen LogP contribution in [0.25, 0.3) is 10.1 Å². The van der Waals surface area contributed by atoms with Crippen molar-refractivity contribution in [1.29, 1.82) is 0 Å². The molecule has 1 unspecified atom stereocenters. The van der Waals surface area contributed by atoms with Crippen molar-refractivity contribution in [2.75, 3.05) is 12.3 Å². The molecular weight excluding hydrogens is 382 g/mol. The zero-order chi connectivity index (χ0) is 19.5. The fourth-order valence-electron chi connectivity index (χ4n) is 2.67. The van der Waals surface area contributed by atoms with Crippen molar-refractivity contribution in [2.24, 2.45) is 0 Å². The lowest BCUT2D eigenvalue weighted by Gasteiger charge is -2.22.